The second kappa shape index (κ2) is 12.2. The van der Waals surface area contributed by atoms with Crippen LogP contribution in [0.5, 0.6) is 0 Å². The van der Waals surface area contributed by atoms with Gasteiger partial charge >= 0.3 is 0 Å². The van der Waals surface area contributed by atoms with E-state index in [1.54, 1.807) is 23.1 Å². The van der Waals surface area contributed by atoms with Crippen molar-refractivity contribution in [2.24, 2.45) is 0 Å². The van der Waals surface area contributed by atoms with Crippen molar-refractivity contribution in [3.63, 3.8) is 0 Å². The molecule has 1 aliphatic heterocycles. The molecule has 43 heavy (non-hydrogen) atoms. The van der Waals surface area contributed by atoms with Gasteiger partial charge in [0.05, 0.1) is 26.9 Å². The first-order valence-corrected chi connectivity index (χ1v) is 18.8. The van der Waals surface area contributed by atoms with Gasteiger partial charge in [0.2, 0.25) is 5.52 Å². The Balaban J connectivity index is 1.31. The molecule has 6 rings (SSSR count). The summed E-state index contributed by atoms with van der Waals surface area (Å²) in [6.07, 6.45) is 5.36. The molecule has 5 aromatic rings. The van der Waals surface area contributed by atoms with Crippen LogP contribution in [0.3, 0.4) is 0 Å². The summed E-state index contributed by atoms with van der Waals surface area (Å²) in [5, 5.41) is 5.51. The Bertz CT molecular complexity index is 2070. The van der Waals surface area contributed by atoms with Gasteiger partial charge in [-0.3, -0.25) is 4.55 Å². The van der Waals surface area contributed by atoms with Gasteiger partial charge in [0.25, 0.3) is 15.1 Å². The van der Waals surface area contributed by atoms with Crippen LogP contribution < -0.4 is 9.47 Å². The topological polar surface area (TPSA) is 119 Å². The highest BCUT2D eigenvalue weighted by Gasteiger charge is 2.31. The molecular formula is C31H30N2O6S4. The van der Waals surface area contributed by atoms with E-state index in [1.807, 2.05) is 30.3 Å². The largest absolute Gasteiger partial charge is 0.748 e. The van der Waals surface area contributed by atoms with Crippen molar-refractivity contribution in [1.82, 2.24) is 0 Å². The Morgan fingerprint density at radius 3 is 2.33 bits per heavy atom. The van der Waals surface area contributed by atoms with Gasteiger partial charge in [0.15, 0.2) is 6.54 Å². The average Bonchev–Trinajstić information content (AvgIpc) is 3.50. The van der Waals surface area contributed by atoms with Crippen molar-refractivity contribution < 1.29 is 30.5 Å². The van der Waals surface area contributed by atoms with E-state index in [4.69, 9.17) is 0 Å². The summed E-state index contributed by atoms with van der Waals surface area (Å²) in [5.41, 5.74) is 2.05. The Morgan fingerprint density at radius 2 is 1.58 bits per heavy atom. The minimum atomic E-state index is -4.31. The zero-order chi connectivity index (χ0) is 30.2. The Labute approximate surface area is 259 Å². The first-order chi connectivity index (χ1) is 20.6. The number of anilines is 1. The fraction of sp³-hybridized carbons (Fsp3) is 0.258. The van der Waals surface area contributed by atoms with E-state index in [0.717, 1.165) is 47.4 Å². The first kappa shape index (κ1) is 30.0. The van der Waals surface area contributed by atoms with Crippen LogP contribution in [0.2, 0.25) is 0 Å². The van der Waals surface area contributed by atoms with Crippen molar-refractivity contribution in [3.05, 3.63) is 83.9 Å². The van der Waals surface area contributed by atoms with Crippen molar-refractivity contribution in [2.75, 3.05) is 23.0 Å². The molecule has 0 aliphatic carbocycles. The van der Waals surface area contributed by atoms with Gasteiger partial charge in [-0.15, -0.1) is 0 Å². The molecule has 4 aromatic carbocycles. The van der Waals surface area contributed by atoms with E-state index in [1.165, 1.54) is 0 Å². The number of nitrogens with zero attached hydrogens (tertiary/aromatic N) is 2. The second-order valence-electron chi connectivity index (χ2n) is 10.5. The summed E-state index contributed by atoms with van der Waals surface area (Å²) < 4.78 is 69.3. The van der Waals surface area contributed by atoms with Crippen LogP contribution in [0, 0.1) is 0 Å². The highest BCUT2D eigenvalue weighted by molar-refractivity contribution is 8.00. The fourth-order valence-electron chi connectivity index (χ4n) is 5.66. The molecule has 0 spiro atoms. The molecule has 2 heterocycles. The summed E-state index contributed by atoms with van der Waals surface area (Å²) in [5.74, 6) is -0.716. The van der Waals surface area contributed by atoms with Gasteiger partial charge in [-0.05, 0) is 41.1 Å². The number of hydrogen-bond acceptors (Lipinski definition) is 8. The SMILES string of the molecule is O=S(=O)([O-])CCC[n+]1c(/C=C/CC2Sc3c(ccc4ccccc34)N2CCCS(=O)(=O)O)sc2c3ccccc3ccc21. The average molecular weight is 655 g/mol. The maximum atomic E-state index is 11.4. The van der Waals surface area contributed by atoms with Gasteiger partial charge in [-0.25, -0.2) is 8.42 Å². The molecule has 1 aliphatic rings. The monoisotopic (exact) mass is 654 g/mol. The van der Waals surface area contributed by atoms with E-state index < -0.39 is 26.0 Å². The van der Waals surface area contributed by atoms with Crippen LogP contribution in [0.4, 0.5) is 5.69 Å². The van der Waals surface area contributed by atoms with Crippen LogP contribution in [-0.2, 0) is 26.8 Å². The van der Waals surface area contributed by atoms with Crippen LogP contribution in [0.15, 0.2) is 83.8 Å². The van der Waals surface area contributed by atoms with E-state index in [0.29, 0.717) is 25.9 Å². The molecule has 1 atom stereocenters. The predicted molar refractivity (Wildman–Crippen MR) is 174 cm³/mol. The number of aryl methyl sites for hydroxylation is 1. The van der Waals surface area contributed by atoms with E-state index in [9.17, 15) is 25.9 Å². The lowest BCUT2D eigenvalue weighted by atomic mass is 10.1. The molecule has 0 radical (unpaired) electrons. The summed E-state index contributed by atoms with van der Waals surface area (Å²) in [7, 11) is -8.37. The molecule has 0 saturated heterocycles. The third-order valence-corrected chi connectivity index (χ3v) is 11.7. The van der Waals surface area contributed by atoms with Crippen molar-refractivity contribution in [3.8, 4) is 0 Å². The fourth-order valence-corrected chi connectivity index (χ4v) is 9.34. The molecule has 0 fully saturated rings. The number of fused-ring (bicyclic) bond motifs is 6. The Kier molecular flexibility index (Phi) is 8.51. The van der Waals surface area contributed by atoms with E-state index in [-0.39, 0.29) is 17.5 Å². The molecule has 0 saturated carbocycles. The molecule has 224 valence electrons. The quantitative estimate of drug-likeness (QED) is 0.135. The molecule has 1 aromatic heterocycles. The van der Waals surface area contributed by atoms with Gasteiger partial charge in [-0.2, -0.15) is 13.0 Å². The van der Waals surface area contributed by atoms with Crippen LogP contribution in [0.1, 0.15) is 24.3 Å². The minimum absolute atomic E-state index is 0.0210. The molecular weight excluding hydrogens is 625 g/mol. The summed E-state index contributed by atoms with van der Waals surface area (Å²) in [6, 6.07) is 24.6. The number of hydrogen-bond donors (Lipinski definition) is 1. The molecule has 1 unspecified atom stereocenters. The summed E-state index contributed by atoms with van der Waals surface area (Å²) in [6.45, 7) is 0.881. The standard InChI is InChI=1S/C31H30N2O6S4/c34-42(35,36)20-6-18-32-26-16-14-22-8-1-3-10-24(22)30(26)40-28(32)12-5-13-29-33(19-7-21-43(37,38)39)27-17-15-23-9-2-4-11-25(23)31(27)41-29/h1-5,8-12,14-17,29H,6-7,13,18-21H2,(H-,34,35,36,37,38,39)/b12-5+. The van der Waals surface area contributed by atoms with Gasteiger partial charge in [-0.1, -0.05) is 83.8 Å². The van der Waals surface area contributed by atoms with Crippen molar-refractivity contribution in [1.29, 1.82) is 0 Å². The van der Waals surface area contributed by atoms with Crippen LogP contribution in [0.25, 0.3) is 37.8 Å². The lowest BCUT2D eigenvalue weighted by molar-refractivity contribution is -0.668. The normalized spacial score (nSPS) is 15.8. The lowest BCUT2D eigenvalue weighted by Crippen LogP contribution is -2.36. The third kappa shape index (κ3) is 6.74. The number of aromatic nitrogens is 1. The molecule has 1 N–H and O–H groups in total. The molecule has 8 nitrogen and oxygen atoms in total. The van der Waals surface area contributed by atoms with Gasteiger partial charge in [0.1, 0.15) is 4.70 Å². The van der Waals surface area contributed by atoms with Crippen molar-refractivity contribution in [2.45, 2.75) is 36.1 Å². The third-order valence-electron chi connectivity index (χ3n) is 7.57. The summed E-state index contributed by atoms with van der Waals surface area (Å²) in [4.78, 5) is 3.37. The Morgan fingerprint density at radius 1 is 0.884 bits per heavy atom. The molecule has 0 amide bonds. The highest BCUT2D eigenvalue weighted by Crippen LogP contribution is 2.48. The number of thioether (sulfide) groups is 1. The predicted octanol–water partition coefficient (Wildman–Crippen LogP) is 6.05. The van der Waals surface area contributed by atoms with Crippen molar-refractivity contribution >= 4 is 86.9 Å². The zero-order valence-corrected chi connectivity index (χ0v) is 26.4. The summed E-state index contributed by atoms with van der Waals surface area (Å²) >= 11 is 3.39. The number of benzene rings is 4. The van der Waals surface area contributed by atoms with E-state index in [2.05, 4.69) is 64.1 Å². The van der Waals surface area contributed by atoms with Crippen LogP contribution in [-0.4, -0.2) is 49.4 Å². The maximum Gasteiger partial charge on any atom is 0.264 e. The van der Waals surface area contributed by atoms with Crippen LogP contribution >= 0.6 is 23.1 Å². The number of thiazole rings is 1. The molecule has 0 bridgehead atoms. The van der Waals surface area contributed by atoms with Gasteiger partial charge in [0, 0.05) is 41.1 Å². The smallest absolute Gasteiger partial charge is 0.264 e. The minimum Gasteiger partial charge on any atom is -0.748 e. The highest BCUT2D eigenvalue weighted by atomic mass is 32.2. The zero-order valence-electron chi connectivity index (χ0n) is 23.1. The number of rotatable bonds is 11. The second-order valence-corrected chi connectivity index (χ2v) is 15.8. The lowest BCUT2D eigenvalue weighted by Gasteiger charge is -2.25. The maximum absolute atomic E-state index is 11.4. The van der Waals surface area contributed by atoms with Gasteiger partial charge < -0.3 is 9.45 Å². The Hall–Kier alpha value is -3.00. The first-order valence-electron chi connectivity index (χ1n) is 13.9. The van der Waals surface area contributed by atoms with E-state index >= 15 is 0 Å². The molecule has 12 heteroatoms.